The Bertz CT molecular complexity index is 934. The van der Waals surface area contributed by atoms with Gasteiger partial charge in [0.25, 0.3) is 0 Å². The Morgan fingerprint density at radius 3 is 2.62 bits per heavy atom. The highest BCUT2D eigenvalue weighted by molar-refractivity contribution is 5.89. The molecule has 0 bridgehead atoms. The van der Waals surface area contributed by atoms with Crippen molar-refractivity contribution in [2.45, 2.75) is 13.1 Å². The Hall–Kier alpha value is -3.10. The van der Waals surface area contributed by atoms with Crippen LogP contribution in [0.1, 0.15) is 11.3 Å². The highest BCUT2D eigenvalue weighted by atomic mass is 19.4. The number of carbonyl (C=O) groups is 1. The molecule has 0 saturated carbocycles. The number of aryl methyl sites for hydroxylation is 1. The second-order valence-electron chi connectivity index (χ2n) is 5.01. The van der Waals surface area contributed by atoms with Gasteiger partial charge in [-0.25, -0.2) is 14.3 Å². The SMILES string of the molecule is Cc1nn2ccc(-c3ccccc3C(F)(F)F)nc2c1NC(=O)O. The third kappa shape index (κ3) is 2.75. The normalized spacial score (nSPS) is 11.7. The number of nitrogens with zero attached hydrogens (tertiary/aromatic N) is 3. The number of nitrogens with one attached hydrogen (secondary N) is 1. The molecule has 2 heterocycles. The highest BCUT2D eigenvalue weighted by Crippen LogP contribution is 2.36. The lowest BCUT2D eigenvalue weighted by molar-refractivity contribution is -0.137. The monoisotopic (exact) mass is 336 g/mol. The van der Waals surface area contributed by atoms with Crippen LogP contribution in [0, 0.1) is 6.92 Å². The third-order valence-corrected chi connectivity index (χ3v) is 3.40. The molecular formula is C15H11F3N4O2. The predicted octanol–water partition coefficient (Wildman–Crippen LogP) is 3.81. The van der Waals surface area contributed by atoms with Gasteiger partial charge in [0, 0.05) is 11.8 Å². The van der Waals surface area contributed by atoms with E-state index >= 15 is 0 Å². The Balaban J connectivity index is 2.21. The fourth-order valence-electron chi connectivity index (χ4n) is 2.40. The fraction of sp³-hybridized carbons (Fsp3) is 0.133. The summed E-state index contributed by atoms with van der Waals surface area (Å²) >= 11 is 0. The van der Waals surface area contributed by atoms with Gasteiger partial charge >= 0.3 is 12.3 Å². The van der Waals surface area contributed by atoms with E-state index in [0.717, 1.165) is 6.07 Å². The number of amides is 1. The van der Waals surface area contributed by atoms with Crippen LogP contribution >= 0.6 is 0 Å². The van der Waals surface area contributed by atoms with Gasteiger partial charge in [-0.05, 0) is 19.1 Å². The molecule has 2 N–H and O–H groups in total. The number of hydrogen-bond donors (Lipinski definition) is 2. The maximum atomic E-state index is 13.2. The van der Waals surface area contributed by atoms with Gasteiger partial charge in [-0.2, -0.15) is 18.3 Å². The topological polar surface area (TPSA) is 79.5 Å². The molecule has 1 aromatic carbocycles. The smallest absolute Gasteiger partial charge is 0.417 e. The number of fused-ring (bicyclic) bond motifs is 1. The molecule has 24 heavy (non-hydrogen) atoms. The summed E-state index contributed by atoms with van der Waals surface area (Å²) in [5, 5.41) is 15.1. The van der Waals surface area contributed by atoms with E-state index in [2.05, 4.69) is 15.4 Å². The van der Waals surface area contributed by atoms with Crippen molar-refractivity contribution in [3.8, 4) is 11.3 Å². The zero-order chi connectivity index (χ0) is 17.5. The van der Waals surface area contributed by atoms with E-state index in [1.54, 1.807) is 6.92 Å². The van der Waals surface area contributed by atoms with Crippen LogP contribution in [0.25, 0.3) is 16.9 Å². The highest BCUT2D eigenvalue weighted by Gasteiger charge is 2.33. The molecule has 3 rings (SSSR count). The molecule has 0 spiro atoms. The van der Waals surface area contributed by atoms with Gasteiger partial charge in [-0.1, -0.05) is 18.2 Å². The first-order valence-electron chi connectivity index (χ1n) is 6.80. The van der Waals surface area contributed by atoms with Gasteiger partial charge in [0.05, 0.1) is 17.0 Å². The lowest BCUT2D eigenvalue weighted by atomic mass is 10.0. The van der Waals surface area contributed by atoms with Gasteiger partial charge in [-0.3, -0.25) is 5.32 Å². The van der Waals surface area contributed by atoms with Crippen LogP contribution in [-0.4, -0.2) is 25.8 Å². The minimum Gasteiger partial charge on any atom is -0.465 e. The molecule has 0 aliphatic carbocycles. The molecule has 2 aromatic heterocycles. The summed E-state index contributed by atoms with van der Waals surface area (Å²) in [7, 11) is 0. The molecule has 0 fully saturated rings. The zero-order valence-electron chi connectivity index (χ0n) is 12.3. The summed E-state index contributed by atoms with van der Waals surface area (Å²) in [6.45, 7) is 1.57. The van der Waals surface area contributed by atoms with Gasteiger partial charge in [0.1, 0.15) is 5.69 Å². The van der Waals surface area contributed by atoms with Crippen LogP contribution in [0.5, 0.6) is 0 Å². The first kappa shape index (κ1) is 15.8. The number of hydrogen-bond acceptors (Lipinski definition) is 3. The minimum atomic E-state index is -4.53. The number of aromatic nitrogens is 3. The van der Waals surface area contributed by atoms with Crippen molar-refractivity contribution in [1.29, 1.82) is 0 Å². The van der Waals surface area contributed by atoms with E-state index in [4.69, 9.17) is 5.11 Å². The van der Waals surface area contributed by atoms with Gasteiger partial charge in [-0.15, -0.1) is 0 Å². The molecular weight excluding hydrogens is 325 g/mol. The Morgan fingerprint density at radius 1 is 1.25 bits per heavy atom. The average Bonchev–Trinajstić information content (AvgIpc) is 2.81. The summed E-state index contributed by atoms with van der Waals surface area (Å²) in [6, 6.07) is 6.46. The predicted molar refractivity (Wildman–Crippen MR) is 79.8 cm³/mol. The average molecular weight is 336 g/mol. The largest absolute Gasteiger partial charge is 0.465 e. The Morgan fingerprint density at radius 2 is 1.96 bits per heavy atom. The maximum Gasteiger partial charge on any atom is 0.417 e. The van der Waals surface area contributed by atoms with Crippen molar-refractivity contribution in [1.82, 2.24) is 14.6 Å². The summed E-state index contributed by atoms with van der Waals surface area (Å²) < 4.78 is 40.8. The van der Waals surface area contributed by atoms with E-state index in [-0.39, 0.29) is 22.6 Å². The van der Waals surface area contributed by atoms with Crippen molar-refractivity contribution in [3.63, 3.8) is 0 Å². The van der Waals surface area contributed by atoms with Gasteiger partial charge in [0.2, 0.25) is 0 Å². The lowest BCUT2D eigenvalue weighted by Crippen LogP contribution is -2.09. The molecule has 6 nitrogen and oxygen atoms in total. The van der Waals surface area contributed by atoms with Crippen LogP contribution in [-0.2, 0) is 6.18 Å². The molecule has 0 atom stereocenters. The molecule has 124 valence electrons. The number of anilines is 1. The maximum absolute atomic E-state index is 13.2. The van der Waals surface area contributed by atoms with Gasteiger partial charge < -0.3 is 5.11 Å². The molecule has 0 aliphatic rings. The minimum absolute atomic E-state index is 0.0729. The van der Waals surface area contributed by atoms with Crippen molar-refractivity contribution < 1.29 is 23.1 Å². The molecule has 0 unspecified atom stereocenters. The van der Waals surface area contributed by atoms with Crippen molar-refractivity contribution in [2.24, 2.45) is 0 Å². The lowest BCUT2D eigenvalue weighted by Gasteiger charge is -2.12. The Labute approximate surface area is 133 Å². The van der Waals surface area contributed by atoms with Crippen LogP contribution in [0.4, 0.5) is 23.7 Å². The van der Waals surface area contributed by atoms with E-state index in [1.165, 1.54) is 35.0 Å². The number of halogens is 3. The van der Waals surface area contributed by atoms with E-state index in [9.17, 15) is 18.0 Å². The molecule has 0 saturated heterocycles. The van der Waals surface area contributed by atoms with Gasteiger partial charge in [0.15, 0.2) is 5.65 Å². The summed E-state index contributed by atoms with van der Waals surface area (Å²) in [5.74, 6) is 0. The summed E-state index contributed by atoms with van der Waals surface area (Å²) in [5.41, 5.74) is -0.202. The van der Waals surface area contributed by atoms with Crippen LogP contribution in [0.15, 0.2) is 36.5 Å². The van der Waals surface area contributed by atoms with Crippen LogP contribution < -0.4 is 5.32 Å². The van der Waals surface area contributed by atoms with Crippen molar-refractivity contribution in [2.75, 3.05) is 5.32 Å². The molecule has 0 radical (unpaired) electrons. The molecule has 0 aliphatic heterocycles. The van der Waals surface area contributed by atoms with Crippen molar-refractivity contribution >= 4 is 17.4 Å². The van der Waals surface area contributed by atoms with E-state index in [0.29, 0.717) is 5.69 Å². The van der Waals surface area contributed by atoms with E-state index < -0.39 is 17.8 Å². The number of rotatable bonds is 2. The quantitative estimate of drug-likeness (QED) is 0.746. The molecule has 3 aromatic rings. The fourth-order valence-corrected chi connectivity index (χ4v) is 2.40. The van der Waals surface area contributed by atoms with E-state index in [1.807, 2.05) is 0 Å². The second kappa shape index (κ2) is 5.52. The zero-order valence-corrected chi connectivity index (χ0v) is 12.3. The van der Waals surface area contributed by atoms with Crippen LogP contribution in [0.3, 0.4) is 0 Å². The molecule has 1 amide bonds. The summed E-state index contributed by atoms with van der Waals surface area (Å²) in [4.78, 5) is 15.0. The van der Waals surface area contributed by atoms with Crippen molar-refractivity contribution in [3.05, 3.63) is 47.8 Å². The number of benzene rings is 1. The molecule has 9 heteroatoms. The number of alkyl halides is 3. The Kier molecular flexibility index (Phi) is 3.63. The van der Waals surface area contributed by atoms with Crippen LogP contribution in [0.2, 0.25) is 0 Å². The summed E-state index contributed by atoms with van der Waals surface area (Å²) in [6.07, 6.45) is -4.40. The number of carboxylic acid groups (broad SMARTS) is 1. The third-order valence-electron chi connectivity index (χ3n) is 3.40. The first-order valence-corrected chi connectivity index (χ1v) is 6.80. The second-order valence-corrected chi connectivity index (χ2v) is 5.01. The standard InChI is InChI=1S/C15H11F3N4O2/c1-8-12(20-14(23)24)13-19-11(6-7-22(13)21-8)9-4-2-3-5-10(9)15(16,17)18/h2-7,20H,1H3,(H,23,24). The first-order chi connectivity index (χ1) is 11.3.